The van der Waals surface area contributed by atoms with E-state index in [1.807, 2.05) is 0 Å². The maximum Gasteiger partial charge on any atom is 0.387 e. The average Bonchev–Trinajstić information content (AvgIpc) is 3.43. The summed E-state index contributed by atoms with van der Waals surface area (Å²) < 4.78 is 61.9. The number of benzene rings is 2. The van der Waals surface area contributed by atoms with Crippen LogP contribution in [-0.4, -0.2) is 27.3 Å². The Morgan fingerprint density at radius 2 is 1.91 bits per heavy atom. The molecule has 0 atom stereocenters. The van der Waals surface area contributed by atoms with E-state index in [1.54, 1.807) is 17.5 Å². The van der Waals surface area contributed by atoms with E-state index >= 15 is 0 Å². The highest BCUT2D eigenvalue weighted by Crippen LogP contribution is 2.27. The van der Waals surface area contributed by atoms with Crippen molar-refractivity contribution in [2.24, 2.45) is 0 Å². The third kappa shape index (κ3) is 5.66. The highest BCUT2D eigenvalue weighted by atomic mass is 32.1. The topological polar surface area (TPSA) is 78.3 Å². The Hall–Kier alpha value is -3.93. The first-order valence-electron chi connectivity index (χ1n) is 9.31. The van der Waals surface area contributed by atoms with Gasteiger partial charge in [0, 0.05) is 23.2 Å². The number of ether oxygens (including phenoxy) is 2. The third-order valence-electron chi connectivity index (χ3n) is 4.22. The minimum atomic E-state index is -2.91. The van der Waals surface area contributed by atoms with Crippen LogP contribution in [0, 0.1) is 11.6 Å². The molecule has 4 rings (SSSR count). The van der Waals surface area contributed by atoms with Crippen LogP contribution in [0.15, 0.2) is 60.1 Å². The van der Waals surface area contributed by atoms with E-state index in [0.717, 1.165) is 12.1 Å². The quantitative estimate of drug-likeness (QED) is 0.354. The number of anilines is 1. The van der Waals surface area contributed by atoms with Crippen LogP contribution in [0.2, 0.25) is 0 Å². The van der Waals surface area contributed by atoms with Crippen LogP contribution in [0.3, 0.4) is 0 Å². The van der Waals surface area contributed by atoms with Crippen molar-refractivity contribution >= 4 is 22.4 Å². The van der Waals surface area contributed by atoms with Gasteiger partial charge in [-0.25, -0.2) is 18.4 Å². The molecule has 7 nitrogen and oxygen atoms in total. The fourth-order valence-electron chi connectivity index (χ4n) is 2.71. The zero-order valence-corrected chi connectivity index (χ0v) is 17.4. The summed E-state index contributed by atoms with van der Waals surface area (Å²) in [6, 6.07) is 10.3. The van der Waals surface area contributed by atoms with Gasteiger partial charge in [-0.3, -0.25) is 10.1 Å². The standard InChI is InChI=1S/C21H14F4N4O3S/c22-13-3-6-18(15(23)9-13)31-11-29-8-7-16(28-29)19(30)27-21-26-17(10-33-21)12-1-4-14(5-2-12)32-20(24)25/h1-10,20H,11H2,(H,26,27,30). The average molecular weight is 478 g/mol. The molecule has 0 aliphatic carbocycles. The number of alkyl halides is 2. The normalized spacial score (nSPS) is 10.9. The van der Waals surface area contributed by atoms with E-state index in [-0.39, 0.29) is 23.9 Å². The Morgan fingerprint density at radius 3 is 2.64 bits per heavy atom. The Balaban J connectivity index is 1.35. The van der Waals surface area contributed by atoms with Gasteiger partial charge < -0.3 is 9.47 Å². The van der Waals surface area contributed by atoms with Crippen LogP contribution in [0.4, 0.5) is 22.7 Å². The van der Waals surface area contributed by atoms with Gasteiger partial charge in [-0.2, -0.15) is 13.9 Å². The van der Waals surface area contributed by atoms with Gasteiger partial charge in [-0.05, 0) is 42.5 Å². The summed E-state index contributed by atoms with van der Waals surface area (Å²) in [6.07, 6.45) is 1.46. The first-order chi connectivity index (χ1) is 15.9. The fraction of sp³-hybridized carbons (Fsp3) is 0.0952. The molecule has 0 unspecified atom stereocenters. The van der Waals surface area contributed by atoms with E-state index < -0.39 is 24.2 Å². The van der Waals surface area contributed by atoms with Crippen molar-refractivity contribution in [3.8, 4) is 22.8 Å². The number of halogens is 4. The van der Waals surface area contributed by atoms with Gasteiger partial charge >= 0.3 is 6.61 Å². The number of nitrogens with one attached hydrogen (secondary N) is 1. The molecule has 1 N–H and O–H groups in total. The largest absolute Gasteiger partial charge is 0.468 e. The van der Waals surface area contributed by atoms with E-state index in [4.69, 9.17) is 4.74 Å². The molecule has 1 amide bonds. The molecule has 12 heteroatoms. The van der Waals surface area contributed by atoms with Crippen molar-refractivity contribution in [1.29, 1.82) is 0 Å². The predicted octanol–water partition coefficient (Wildman–Crippen LogP) is 5.18. The minimum Gasteiger partial charge on any atom is -0.468 e. The zero-order chi connectivity index (χ0) is 23.4. The molecule has 0 aliphatic heterocycles. The van der Waals surface area contributed by atoms with Crippen molar-refractivity contribution in [3.05, 3.63) is 77.4 Å². The molecule has 0 radical (unpaired) electrons. The lowest BCUT2D eigenvalue weighted by atomic mass is 10.2. The third-order valence-corrected chi connectivity index (χ3v) is 4.98. The summed E-state index contributed by atoms with van der Waals surface area (Å²) in [4.78, 5) is 16.7. The number of carbonyl (C=O) groups excluding carboxylic acids is 1. The van der Waals surface area contributed by atoms with Gasteiger partial charge in [0.15, 0.2) is 29.1 Å². The van der Waals surface area contributed by atoms with Crippen LogP contribution in [0.25, 0.3) is 11.3 Å². The second-order valence-electron chi connectivity index (χ2n) is 6.48. The molecule has 0 bridgehead atoms. The van der Waals surface area contributed by atoms with Crippen molar-refractivity contribution in [2.45, 2.75) is 13.3 Å². The first-order valence-corrected chi connectivity index (χ1v) is 10.2. The molecule has 0 saturated carbocycles. The van der Waals surface area contributed by atoms with E-state index in [2.05, 4.69) is 20.1 Å². The van der Waals surface area contributed by atoms with Crippen molar-refractivity contribution in [2.75, 3.05) is 5.32 Å². The minimum absolute atomic E-state index is 0.0271. The number of amides is 1. The Labute approximate surface area is 188 Å². The lowest BCUT2D eigenvalue weighted by molar-refractivity contribution is -0.0498. The number of nitrogens with zero attached hydrogens (tertiary/aromatic N) is 3. The Bertz CT molecular complexity index is 1260. The monoisotopic (exact) mass is 478 g/mol. The second-order valence-corrected chi connectivity index (χ2v) is 7.34. The van der Waals surface area contributed by atoms with Crippen molar-refractivity contribution in [3.63, 3.8) is 0 Å². The van der Waals surface area contributed by atoms with E-state index in [9.17, 15) is 22.4 Å². The number of rotatable bonds is 8. The van der Waals surface area contributed by atoms with Crippen LogP contribution in [-0.2, 0) is 6.73 Å². The molecule has 2 heterocycles. The zero-order valence-electron chi connectivity index (χ0n) is 16.5. The summed E-state index contributed by atoms with van der Waals surface area (Å²) in [5, 5.41) is 8.67. The van der Waals surface area contributed by atoms with Gasteiger partial charge in [0.25, 0.3) is 5.91 Å². The number of carbonyl (C=O) groups is 1. The molecular formula is C21H14F4N4O3S. The summed E-state index contributed by atoms with van der Waals surface area (Å²) >= 11 is 1.17. The number of hydrogen-bond donors (Lipinski definition) is 1. The van der Waals surface area contributed by atoms with E-state index in [1.165, 1.54) is 40.4 Å². The highest BCUT2D eigenvalue weighted by Gasteiger charge is 2.14. The number of aromatic nitrogens is 3. The SMILES string of the molecule is O=C(Nc1nc(-c2ccc(OC(F)F)cc2)cs1)c1ccn(COc2ccc(F)cc2F)n1. The van der Waals surface area contributed by atoms with Gasteiger partial charge in [0.05, 0.1) is 5.69 Å². The predicted molar refractivity (Wildman–Crippen MR) is 111 cm³/mol. The molecule has 0 spiro atoms. The molecule has 0 aliphatic rings. The Kier molecular flexibility index (Phi) is 6.54. The maximum absolute atomic E-state index is 13.6. The van der Waals surface area contributed by atoms with Gasteiger partial charge in [0.1, 0.15) is 11.6 Å². The molecule has 0 saturated heterocycles. The molecule has 0 fully saturated rings. The lowest BCUT2D eigenvalue weighted by Crippen LogP contribution is -2.14. The van der Waals surface area contributed by atoms with Crippen LogP contribution >= 0.6 is 11.3 Å². The fourth-order valence-corrected chi connectivity index (χ4v) is 3.43. The Morgan fingerprint density at radius 1 is 1.12 bits per heavy atom. The molecular weight excluding hydrogens is 464 g/mol. The van der Waals surface area contributed by atoms with E-state index in [0.29, 0.717) is 22.5 Å². The van der Waals surface area contributed by atoms with Crippen molar-refractivity contribution in [1.82, 2.24) is 14.8 Å². The summed E-state index contributed by atoms with van der Waals surface area (Å²) in [5.74, 6) is -2.22. The molecule has 4 aromatic rings. The van der Waals surface area contributed by atoms with Crippen LogP contribution < -0.4 is 14.8 Å². The van der Waals surface area contributed by atoms with Crippen LogP contribution in [0.1, 0.15) is 10.5 Å². The molecule has 2 aromatic carbocycles. The smallest absolute Gasteiger partial charge is 0.387 e. The van der Waals surface area contributed by atoms with Crippen LogP contribution in [0.5, 0.6) is 11.5 Å². The molecule has 170 valence electrons. The van der Waals surface area contributed by atoms with Crippen molar-refractivity contribution < 1.29 is 31.8 Å². The molecule has 33 heavy (non-hydrogen) atoms. The molecule has 2 aromatic heterocycles. The maximum atomic E-state index is 13.6. The lowest BCUT2D eigenvalue weighted by Gasteiger charge is -2.07. The second kappa shape index (κ2) is 9.69. The van der Waals surface area contributed by atoms with Gasteiger partial charge in [0.2, 0.25) is 0 Å². The van der Waals surface area contributed by atoms with Gasteiger partial charge in [-0.1, -0.05) is 0 Å². The highest BCUT2D eigenvalue weighted by molar-refractivity contribution is 7.14. The summed E-state index contributed by atoms with van der Waals surface area (Å²) in [6.45, 7) is -3.10. The van der Waals surface area contributed by atoms with Gasteiger partial charge in [-0.15, -0.1) is 11.3 Å². The number of hydrogen-bond acceptors (Lipinski definition) is 6. The summed E-state index contributed by atoms with van der Waals surface area (Å²) in [7, 11) is 0. The first kappa shape index (κ1) is 22.3. The number of thiazole rings is 1. The summed E-state index contributed by atoms with van der Waals surface area (Å²) in [5.41, 5.74) is 1.27.